The van der Waals surface area contributed by atoms with Crippen molar-refractivity contribution < 1.29 is 0 Å². The third kappa shape index (κ3) is 6.12. The van der Waals surface area contributed by atoms with E-state index in [1.54, 1.807) is 0 Å². The molecule has 0 fully saturated rings. The van der Waals surface area contributed by atoms with Crippen molar-refractivity contribution in [2.24, 2.45) is 23.7 Å². The van der Waals surface area contributed by atoms with Gasteiger partial charge in [0.05, 0.1) is 0 Å². The van der Waals surface area contributed by atoms with Gasteiger partial charge in [-0.25, -0.2) is 0 Å². The number of hydrogen-bond donors (Lipinski definition) is 0. The highest BCUT2D eigenvalue weighted by Crippen LogP contribution is 2.28. The molecule has 0 saturated heterocycles. The van der Waals surface area contributed by atoms with Crippen molar-refractivity contribution in [2.45, 2.75) is 53.9 Å². The molecular weight excluding hydrogens is 156 g/mol. The van der Waals surface area contributed by atoms with Crippen molar-refractivity contribution in [3.8, 4) is 0 Å². The Bertz CT molecular complexity index is 103. The fraction of sp³-hybridized carbons (Fsp3) is 0.923. The highest BCUT2D eigenvalue weighted by atomic mass is 14.2. The molecule has 0 amide bonds. The lowest BCUT2D eigenvalue weighted by Crippen LogP contribution is -2.16. The third-order valence-electron chi connectivity index (χ3n) is 2.93. The molecule has 0 aromatic rings. The molecule has 1 radical (unpaired) electrons. The Balaban J connectivity index is 4.02. The lowest BCUT2D eigenvalue weighted by atomic mass is 9.80. The van der Waals surface area contributed by atoms with Crippen LogP contribution in [0.25, 0.3) is 0 Å². The summed E-state index contributed by atoms with van der Waals surface area (Å²) in [5.74, 6) is 3.19. The largest absolute Gasteiger partial charge is 0.0651 e. The molecule has 0 heterocycles. The van der Waals surface area contributed by atoms with Gasteiger partial charge in [-0.05, 0) is 36.5 Å². The van der Waals surface area contributed by atoms with Crippen molar-refractivity contribution in [1.82, 2.24) is 0 Å². The Morgan fingerprint density at radius 2 is 1.54 bits per heavy atom. The number of hydrogen-bond acceptors (Lipinski definition) is 0. The monoisotopic (exact) mass is 183 g/mol. The van der Waals surface area contributed by atoms with Crippen LogP contribution in [0.2, 0.25) is 0 Å². The minimum absolute atomic E-state index is 0.609. The van der Waals surface area contributed by atoms with Crippen LogP contribution >= 0.6 is 0 Å². The highest BCUT2D eigenvalue weighted by molar-refractivity contribution is 4.71. The molecule has 0 aliphatic rings. The van der Waals surface area contributed by atoms with E-state index in [0.717, 1.165) is 17.8 Å². The van der Waals surface area contributed by atoms with Gasteiger partial charge in [0.25, 0.3) is 0 Å². The van der Waals surface area contributed by atoms with Gasteiger partial charge in [0.1, 0.15) is 0 Å². The van der Waals surface area contributed by atoms with Gasteiger partial charge in [-0.15, -0.1) is 0 Å². The summed E-state index contributed by atoms with van der Waals surface area (Å²) >= 11 is 0. The van der Waals surface area contributed by atoms with E-state index in [1.165, 1.54) is 19.3 Å². The molecule has 0 aliphatic carbocycles. The maximum Gasteiger partial charge on any atom is -0.0384 e. The van der Waals surface area contributed by atoms with Crippen LogP contribution in [-0.2, 0) is 0 Å². The fourth-order valence-electron chi connectivity index (χ4n) is 2.02. The molecule has 0 saturated carbocycles. The molecule has 0 nitrogen and oxygen atoms in total. The topological polar surface area (TPSA) is 0 Å². The summed E-state index contributed by atoms with van der Waals surface area (Å²) in [6, 6.07) is 0. The van der Waals surface area contributed by atoms with E-state index in [2.05, 4.69) is 41.5 Å². The summed E-state index contributed by atoms with van der Waals surface area (Å²) in [5, 5.41) is 0. The lowest BCUT2D eigenvalue weighted by molar-refractivity contribution is 0.256. The zero-order valence-electron chi connectivity index (χ0n) is 10.1. The average molecular weight is 183 g/mol. The van der Waals surface area contributed by atoms with Crippen LogP contribution in [0.1, 0.15) is 53.9 Å². The lowest BCUT2D eigenvalue weighted by Gasteiger charge is -2.26. The van der Waals surface area contributed by atoms with Crippen LogP contribution in [0.3, 0.4) is 0 Å². The third-order valence-corrected chi connectivity index (χ3v) is 2.93. The van der Waals surface area contributed by atoms with E-state index < -0.39 is 0 Å². The molecule has 79 valence electrons. The van der Waals surface area contributed by atoms with E-state index in [-0.39, 0.29) is 0 Å². The first-order chi connectivity index (χ1) is 5.97. The first-order valence-electron chi connectivity index (χ1n) is 5.80. The van der Waals surface area contributed by atoms with Crippen LogP contribution in [-0.4, -0.2) is 0 Å². The van der Waals surface area contributed by atoms with Crippen molar-refractivity contribution in [1.29, 1.82) is 0 Å². The molecule has 0 bridgehead atoms. The van der Waals surface area contributed by atoms with Gasteiger partial charge in [0, 0.05) is 0 Å². The maximum absolute atomic E-state index is 4.10. The fourth-order valence-corrected chi connectivity index (χ4v) is 2.02. The van der Waals surface area contributed by atoms with E-state index in [0.29, 0.717) is 5.92 Å². The minimum Gasteiger partial charge on any atom is -0.0651 e. The van der Waals surface area contributed by atoms with Crippen LogP contribution in [0.5, 0.6) is 0 Å². The van der Waals surface area contributed by atoms with Crippen molar-refractivity contribution in [2.75, 3.05) is 0 Å². The molecule has 0 rings (SSSR count). The molecule has 0 spiro atoms. The molecule has 3 unspecified atom stereocenters. The van der Waals surface area contributed by atoms with Crippen molar-refractivity contribution in [3.05, 3.63) is 6.92 Å². The molecule has 0 aromatic carbocycles. The first kappa shape index (κ1) is 13.0. The van der Waals surface area contributed by atoms with Gasteiger partial charge in [0.15, 0.2) is 0 Å². The van der Waals surface area contributed by atoms with Gasteiger partial charge < -0.3 is 0 Å². The van der Waals surface area contributed by atoms with Crippen molar-refractivity contribution >= 4 is 0 Å². The molecule has 13 heavy (non-hydrogen) atoms. The van der Waals surface area contributed by atoms with E-state index in [4.69, 9.17) is 0 Å². The summed E-state index contributed by atoms with van der Waals surface area (Å²) in [7, 11) is 0. The quantitative estimate of drug-likeness (QED) is 0.566. The van der Waals surface area contributed by atoms with Gasteiger partial charge >= 0.3 is 0 Å². The first-order valence-corrected chi connectivity index (χ1v) is 5.80. The van der Waals surface area contributed by atoms with Crippen LogP contribution in [0.15, 0.2) is 0 Å². The maximum atomic E-state index is 4.10. The molecule has 0 N–H and O–H groups in total. The highest BCUT2D eigenvalue weighted by Gasteiger charge is 2.18. The normalized spacial score (nSPS) is 14.5. The van der Waals surface area contributed by atoms with Crippen LogP contribution in [0.4, 0.5) is 0 Å². The Kier molecular flexibility index (Phi) is 6.45. The molecular formula is C13H27. The average Bonchev–Trinajstić information content (AvgIpc) is 2.00. The Labute approximate surface area is 85.1 Å². The van der Waals surface area contributed by atoms with Gasteiger partial charge in [-0.1, -0.05) is 48.0 Å². The minimum atomic E-state index is 0.609. The second kappa shape index (κ2) is 6.45. The molecule has 0 heteroatoms. The van der Waals surface area contributed by atoms with Gasteiger partial charge in [-0.3, -0.25) is 0 Å². The second-order valence-electron chi connectivity index (χ2n) is 5.12. The molecule has 0 aliphatic heterocycles. The second-order valence-corrected chi connectivity index (χ2v) is 5.12. The predicted octanol–water partition coefficient (Wildman–Crippen LogP) is 4.56. The zero-order valence-corrected chi connectivity index (χ0v) is 10.1. The van der Waals surface area contributed by atoms with E-state index in [9.17, 15) is 0 Å². The van der Waals surface area contributed by atoms with Crippen LogP contribution in [0, 0.1) is 30.6 Å². The zero-order chi connectivity index (χ0) is 10.4. The predicted molar refractivity (Wildman–Crippen MR) is 61.5 cm³/mol. The molecule has 3 atom stereocenters. The van der Waals surface area contributed by atoms with E-state index in [1.807, 2.05) is 0 Å². The summed E-state index contributed by atoms with van der Waals surface area (Å²) in [6.07, 6.45) is 3.98. The summed E-state index contributed by atoms with van der Waals surface area (Å²) in [4.78, 5) is 0. The number of rotatable bonds is 6. The van der Waals surface area contributed by atoms with E-state index >= 15 is 0 Å². The summed E-state index contributed by atoms with van der Waals surface area (Å²) in [6.45, 7) is 15.7. The summed E-state index contributed by atoms with van der Waals surface area (Å²) in [5.41, 5.74) is 0. The Morgan fingerprint density at radius 1 is 1.00 bits per heavy atom. The van der Waals surface area contributed by atoms with Crippen LogP contribution < -0.4 is 0 Å². The smallest absolute Gasteiger partial charge is 0.0384 e. The van der Waals surface area contributed by atoms with Crippen molar-refractivity contribution in [3.63, 3.8) is 0 Å². The van der Waals surface area contributed by atoms with Gasteiger partial charge in [0.2, 0.25) is 0 Å². The van der Waals surface area contributed by atoms with Gasteiger partial charge in [-0.2, -0.15) is 0 Å². The Hall–Kier alpha value is 0. The SMILES string of the molecule is [CH2]C(C)CC(CC(C)C)C(C)CC. The standard InChI is InChI=1S/C13H27/c1-7-12(6)13(8-10(2)3)9-11(4)5/h10-13H,2,7-9H2,1,3-6H3. The Morgan fingerprint density at radius 3 is 1.85 bits per heavy atom. The molecule has 0 aromatic heterocycles. The summed E-state index contributed by atoms with van der Waals surface area (Å²) < 4.78 is 0.